The van der Waals surface area contributed by atoms with Gasteiger partial charge in [-0.25, -0.2) is 0 Å². The first-order valence-corrected chi connectivity index (χ1v) is 6.37. The standard InChI is InChI=1S/C13H21N3O3/c1-4-10-19-12-7-5-6-11(13(12)16(17)18)15(3)9-8-14-2/h5-7,14H,4,8-10H2,1-3H3. The van der Waals surface area contributed by atoms with Crippen molar-refractivity contribution in [2.24, 2.45) is 0 Å². The van der Waals surface area contributed by atoms with Gasteiger partial charge >= 0.3 is 5.69 Å². The third kappa shape index (κ3) is 4.10. The molecule has 0 aliphatic carbocycles. The molecular formula is C13H21N3O3. The fourth-order valence-corrected chi connectivity index (χ4v) is 1.73. The van der Waals surface area contributed by atoms with Gasteiger partial charge < -0.3 is 15.0 Å². The van der Waals surface area contributed by atoms with Gasteiger partial charge in [-0.1, -0.05) is 13.0 Å². The first-order chi connectivity index (χ1) is 9.11. The van der Waals surface area contributed by atoms with E-state index in [4.69, 9.17) is 4.74 Å². The molecule has 0 aliphatic heterocycles. The molecule has 0 bridgehead atoms. The lowest BCUT2D eigenvalue weighted by Crippen LogP contribution is -2.27. The Hall–Kier alpha value is -1.82. The van der Waals surface area contributed by atoms with E-state index >= 15 is 0 Å². The Morgan fingerprint density at radius 3 is 2.79 bits per heavy atom. The van der Waals surface area contributed by atoms with E-state index in [1.807, 2.05) is 25.9 Å². The number of nitrogens with zero attached hydrogens (tertiary/aromatic N) is 2. The molecule has 0 saturated heterocycles. The number of hydrogen-bond donors (Lipinski definition) is 1. The van der Waals surface area contributed by atoms with E-state index in [2.05, 4.69) is 5.32 Å². The van der Waals surface area contributed by atoms with Crippen molar-refractivity contribution in [3.05, 3.63) is 28.3 Å². The summed E-state index contributed by atoms with van der Waals surface area (Å²) in [5.41, 5.74) is 0.614. The first-order valence-electron chi connectivity index (χ1n) is 6.37. The predicted molar refractivity (Wildman–Crippen MR) is 76.1 cm³/mol. The maximum absolute atomic E-state index is 11.3. The Morgan fingerprint density at radius 2 is 2.21 bits per heavy atom. The van der Waals surface area contributed by atoms with E-state index in [0.717, 1.165) is 13.0 Å². The van der Waals surface area contributed by atoms with Crippen LogP contribution in [0, 0.1) is 10.1 Å². The number of nitrogens with one attached hydrogen (secondary N) is 1. The van der Waals surface area contributed by atoms with E-state index in [1.54, 1.807) is 18.2 Å². The van der Waals surface area contributed by atoms with Crippen LogP contribution in [0.3, 0.4) is 0 Å². The smallest absolute Gasteiger partial charge is 0.333 e. The molecular weight excluding hydrogens is 246 g/mol. The molecule has 0 aromatic heterocycles. The molecule has 0 heterocycles. The van der Waals surface area contributed by atoms with Crippen molar-refractivity contribution in [3.8, 4) is 5.75 Å². The van der Waals surface area contributed by atoms with Crippen molar-refractivity contribution < 1.29 is 9.66 Å². The summed E-state index contributed by atoms with van der Waals surface area (Å²) in [5, 5.41) is 14.3. The summed E-state index contributed by atoms with van der Waals surface area (Å²) in [4.78, 5) is 12.7. The topological polar surface area (TPSA) is 67.6 Å². The second-order valence-corrected chi connectivity index (χ2v) is 4.25. The molecule has 0 fully saturated rings. The zero-order valence-electron chi connectivity index (χ0n) is 11.7. The van der Waals surface area contributed by atoms with E-state index in [9.17, 15) is 10.1 Å². The van der Waals surface area contributed by atoms with Crippen LogP contribution in [-0.2, 0) is 0 Å². The fourth-order valence-electron chi connectivity index (χ4n) is 1.73. The molecule has 19 heavy (non-hydrogen) atoms. The van der Waals surface area contributed by atoms with Crippen LogP contribution >= 0.6 is 0 Å². The highest BCUT2D eigenvalue weighted by molar-refractivity contribution is 5.69. The fraction of sp³-hybridized carbons (Fsp3) is 0.538. The molecule has 1 aromatic carbocycles. The van der Waals surface area contributed by atoms with E-state index in [1.165, 1.54) is 0 Å². The van der Waals surface area contributed by atoms with Crippen LogP contribution in [0.1, 0.15) is 13.3 Å². The number of rotatable bonds is 8. The summed E-state index contributed by atoms with van der Waals surface area (Å²) >= 11 is 0. The highest BCUT2D eigenvalue weighted by Gasteiger charge is 2.23. The molecule has 0 radical (unpaired) electrons. The molecule has 1 rings (SSSR count). The highest BCUT2D eigenvalue weighted by Crippen LogP contribution is 2.36. The maximum atomic E-state index is 11.3. The summed E-state index contributed by atoms with van der Waals surface area (Å²) in [7, 11) is 3.69. The Labute approximate surface area is 113 Å². The van der Waals surface area contributed by atoms with Gasteiger partial charge in [-0.05, 0) is 25.6 Å². The number of nitro benzene ring substituents is 1. The van der Waals surface area contributed by atoms with Gasteiger partial charge in [-0.15, -0.1) is 0 Å². The van der Waals surface area contributed by atoms with Crippen LogP contribution in [0.2, 0.25) is 0 Å². The van der Waals surface area contributed by atoms with Crippen molar-refractivity contribution in [2.75, 3.05) is 38.7 Å². The summed E-state index contributed by atoms with van der Waals surface area (Å²) in [5.74, 6) is 0.334. The number of hydrogen-bond acceptors (Lipinski definition) is 5. The minimum absolute atomic E-state index is 0.0366. The minimum Gasteiger partial charge on any atom is -0.487 e. The Bertz CT molecular complexity index is 424. The van der Waals surface area contributed by atoms with Gasteiger partial charge in [0.1, 0.15) is 5.69 Å². The molecule has 0 aliphatic rings. The Kier molecular flexibility index (Phi) is 6.08. The lowest BCUT2D eigenvalue weighted by molar-refractivity contribution is -0.385. The molecule has 106 valence electrons. The van der Waals surface area contributed by atoms with Gasteiger partial charge in [0.05, 0.1) is 11.5 Å². The molecule has 0 unspecified atom stereocenters. The van der Waals surface area contributed by atoms with Gasteiger partial charge in [0.15, 0.2) is 5.75 Å². The van der Waals surface area contributed by atoms with Crippen molar-refractivity contribution in [2.45, 2.75) is 13.3 Å². The summed E-state index contributed by atoms with van der Waals surface area (Å²) in [6.07, 6.45) is 0.816. The van der Waals surface area contributed by atoms with Crippen molar-refractivity contribution in [1.29, 1.82) is 0 Å². The second kappa shape index (κ2) is 7.58. The van der Waals surface area contributed by atoms with Gasteiger partial charge in [0, 0.05) is 20.1 Å². The molecule has 0 amide bonds. The predicted octanol–water partition coefficient (Wildman–Crippen LogP) is 2.04. The van der Waals surface area contributed by atoms with Crippen LogP contribution in [-0.4, -0.2) is 38.7 Å². The summed E-state index contributed by atoms with van der Waals surface area (Å²) < 4.78 is 5.46. The average molecular weight is 267 g/mol. The largest absolute Gasteiger partial charge is 0.487 e. The molecule has 1 aromatic rings. The SMILES string of the molecule is CCCOc1cccc(N(C)CCNC)c1[N+](=O)[O-]. The van der Waals surface area contributed by atoms with Crippen molar-refractivity contribution >= 4 is 11.4 Å². The normalized spacial score (nSPS) is 10.3. The number of nitro groups is 1. The van der Waals surface area contributed by atoms with Crippen molar-refractivity contribution in [1.82, 2.24) is 5.32 Å². The first kappa shape index (κ1) is 15.2. The number of likely N-dealkylation sites (N-methyl/N-ethyl adjacent to an activating group) is 2. The highest BCUT2D eigenvalue weighted by atomic mass is 16.6. The molecule has 6 nitrogen and oxygen atoms in total. The molecule has 1 N–H and O–H groups in total. The van der Waals surface area contributed by atoms with Gasteiger partial charge in [-0.3, -0.25) is 10.1 Å². The number of para-hydroxylation sites is 1. The second-order valence-electron chi connectivity index (χ2n) is 4.25. The lowest BCUT2D eigenvalue weighted by Gasteiger charge is -2.20. The zero-order chi connectivity index (χ0) is 14.3. The van der Waals surface area contributed by atoms with E-state index in [0.29, 0.717) is 24.6 Å². The molecule has 0 saturated carbocycles. The number of benzene rings is 1. The minimum atomic E-state index is -0.379. The maximum Gasteiger partial charge on any atom is 0.333 e. The third-order valence-electron chi connectivity index (χ3n) is 2.73. The van der Waals surface area contributed by atoms with Gasteiger partial charge in [0.2, 0.25) is 0 Å². The third-order valence-corrected chi connectivity index (χ3v) is 2.73. The van der Waals surface area contributed by atoms with Crippen LogP contribution in [0.5, 0.6) is 5.75 Å². The van der Waals surface area contributed by atoms with E-state index in [-0.39, 0.29) is 10.6 Å². The van der Waals surface area contributed by atoms with E-state index < -0.39 is 0 Å². The number of anilines is 1. The summed E-state index contributed by atoms with van der Waals surface area (Å²) in [6, 6.07) is 5.17. The molecule has 0 atom stereocenters. The Balaban J connectivity index is 3.05. The number of ether oxygens (including phenoxy) is 1. The lowest BCUT2D eigenvalue weighted by atomic mass is 10.2. The average Bonchev–Trinajstić information content (AvgIpc) is 2.41. The molecule has 6 heteroatoms. The Morgan fingerprint density at radius 1 is 1.47 bits per heavy atom. The summed E-state index contributed by atoms with van der Waals surface area (Å²) in [6.45, 7) is 3.89. The van der Waals surface area contributed by atoms with Crippen LogP contribution < -0.4 is 15.0 Å². The van der Waals surface area contributed by atoms with Crippen LogP contribution in [0.25, 0.3) is 0 Å². The van der Waals surface area contributed by atoms with Gasteiger partial charge in [-0.2, -0.15) is 0 Å². The van der Waals surface area contributed by atoms with Crippen LogP contribution in [0.15, 0.2) is 18.2 Å². The van der Waals surface area contributed by atoms with Gasteiger partial charge in [0.25, 0.3) is 0 Å². The van der Waals surface area contributed by atoms with Crippen LogP contribution in [0.4, 0.5) is 11.4 Å². The molecule has 0 spiro atoms. The van der Waals surface area contributed by atoms with Crippen molar-refractivity contribution in [3.63, 3.8) is 0 Å². The zero-order valence-corrected chi connectivity index (χ0v) is 11.7. The quantitative estimate of drug-likeness (QED) is 0.576. The monoisotopic (exact) mass is 267 g/mol.